The topological polar surface area (TPSA) is 89.5 Å². The van der Waals surface area contributed by atoms with E-state index in [1.54, 1.807) is 10.7 Å². The van der Waals surface area contributed by atoms with Gasteiger partial charge < -0.3 is 21.1 Å². The number of ether oxygens (including phenoxy) is 1. The van der Waals surface area contributed by atoms with Crippen LogP contribution in [0.25, 0.3) is 5.65 Å². The van der Waals surface area contributed by atoms with Gasteiger partial charge in [-0.2, -0.15) is 0 Å². The maximum atomic E-state index is 6.05. The summed E-state index contributed by atoms with van der Waals surface area (Å²) in [5.74, 6) is 2.39. The molecule has 0 aliphatic heterocycles. The molecular formula is C24H26N6O. The van der Waals surface area contributed by atoms with Crippen molar-refractivity contribution in [3.63, 3.8) is 0 Å². The molecule has 31 heavy (non-hydrogen) atoms. The number of fused-ring (bicyclic) bond motifs is 1. The van der Waals surface area contributed by atoms with Crippen molar-refractivity contribution in [1.29, 1.82) is 0 Å². The number of benzene rings is 2. The Hall–Kier alpha value is -3.58. The molecule has 0 unspecified atom stereocenters. The van der Waals surface area contributed by atoms with Gasteiger partial charge in [0.1, 0.15) is 17.3 Å². The highest BCUT2D eigenvalue weighted by atomic mass is 16.5. The van der Waals surface area contributed by atoms with Crippen LogP contribution in [0.3, 0.4) is 0 Å². The number of hydrogen-bond donors (Lipinski definition) is 3. The number of hydrogen-bond acceptors (Lipinski definition) is 6. The molecule has 1 aliphatic rings. The molecule has 2 aromatic heterocycles. The van der Waals surface area contributed by atoms with Gasteiger partial charge in [0, 0.05) is 42.3 Å². The summed E-state index contributed by atoms with van der Waals surface area (Å²) in [6.45, 7) is 0. The molecule has 2 aromatic carbocycles. The fraction of sp³-hybridized carbons (Fsp3) is 0.250. The number of nitrogens with zero attached hydrogens (tertiary/aromatic N) is 3. The van der Waals surface area contributed by atoms with E-state index >= 15 is 0 Å². The van der Waals surface area contributed by atoms with E-state index in [2.05, 4.69) is 20.7 Å². The highest BCUT2D eigenvalue weighted by Crippen LogP contribution is 2.29. The third kappa shape index (κ3) is 4.62. The van der Waals surface area contributed by atoms with E-state index < -0.39 is 0 Å². The summed E-state index contributed by atoms with van der Waals surface area (Å²) < 4.78 is 7.76. The minimum atomic E-state index is 0.324. The van der Waals surface area contributed by atoms with Gasteiger partial charge in [0.05, 0.1) is 5.69 Å². The number of para-hydroxylation sites is 1. The Labute approximate surface area is 181 Å². The van der Waals surface area contributed by atoms with Gasteiger partial charge >= 0.3 is 0 Å². The van der Waals surface area contributed by atoms with Crippen LogP contribution in [0.15, 0.2) is 73.1 Å². The van der Waals surface area contributed by atoms with Gasteiger partial charge in [-0.05, 0) is 49.9 Å². The first kappa shape index (κ1) is 19.4. The summed E-state index contributed by atoms with van der Waals surface area (Å²) in [5, 5.41) is 11.7. The van der Waals surface area contributed by atoms with Crippen molar-refractivity contribution in [1.82, 2.24) is 14.6 Å². The third-order valence-electron chi connectivity index (χ3n) is 5.57. The van der Waals surface area contributed by atoms with Gasteiger partial charge in [-0.25, -0.2) is 9.50 Å². The second-order valence-corrected chi connectivity index (χ2v) is 7.96. The molecular weight excluding hydrogens is 388 g/mol. The molecule has 0 spiro atoms. The molecule has 158 valence electrons. The SMILES string of the molecule is NC1CCC(Nc2cc(Nc3cccc(Oc4ccccc4)c3)c3nccn3n2)CC1. The van der Waals surface area contributed by atoms with E-state index in [1.807, 2.05) is 66.9 Å². The largest absolute Gasteiger partial charge is 0.457 e. The zero-order valence-corrected chi connectivity index (χ0v) is 17.2. The highest BCUT2D eigenvalue weighted by Gasteiger charge is 2.19. The van der Waals surface area contributed by atoms with Crippen LogP contribution >= 0.6 is 0 Å². The van der Waals surface area contributed by atoms with Gasteiger partial charge in [0.25, 0.3) is 0 Å². The van der Waals surface area contributed by atoms with E-state index in [0.29, 0.717) is 12.1 Å². The van der Waals surface area contributed by atoms with Gasteiger partial charge in [0.15, 0.2) is 5.65 Å². The average Bonchev–Trinajstić information content (AvgIpc) is 3.25. The summed E-state index contributed by atoms with van der Waals surface area (Å²) in [6.07, 6.45) is 7.83. The van der Waals surface area contributed by atoms with Crippen LogP contribution < -0.4 is 21.1 Å². The first-order valence-electron chi connectivity index (χ1n) is 10.7. The first-order valence-corrected chi connectivity index (χ1v) is 10.7. The number of rotatable bonds is 6. The standard InChI is InChI=1S/C24H26N6O/c25-17-9-11-18(12-10-17)28-23-16-22(24-26-13-14-30(24)29-23)27-19-5-4-8-21(15-19)31-20-6-2-1-3-7-20/h1-8,13-18,27H,9-12,25H2,(H,28,29). The number of imidazole rings is 1. The van der Waals surface area contributed by atoms with Crippen molar-refractivity contribution in [3.8, 4) is 11.5 Å². The van der Waals surface area contributed by atoms with Crippen molar-refractivity contribution in [2.45, 2.75) is 37.8 Å². The molecule has 1 saturated carbocycles. The smallest absolute Gasteiger partial charge is 0.177 e. The number of nitrogens with one attached hydrogen (secondary N) is 2. The lowest BCUT2D eigenvalue weighted by atomic mass is 9.92. The average molecular weight is 415 g/mol. The first-order chi connectivity index (χ1) is 15.2. The quantitative estimate of drug-likeness (QED) is 0.414. The minimum absolute atomic E-state index is 0.324. The zero-order valence-electron chi connectivity index (χ0n) is 17.2. The van der Waals surface area contributed by atoms with Crippen LogP contribution in [-0.4, -0.2) is 26.7 Å². The maximum Gasteiger partial charge on any atom is 0.177 e. The monoisotopic (exact) mass is 414 g/mol. The van der Waals surface area contributed by atoms with Crippen LogP contribution in [0.1, 0.15) is 25.7 Å². The Kier molecular flexibility index (Phi) is 5.41. The molecule has 0 bridgehead atoms. The number of aromatic nitrogens is 3. The Morgan fingerprint density at radius 3 is 2.58 bits per heavy atom. The second kappa shape index (κ2) is 8.65. The van der Waals surface area contributed by atoms with Crippen molar-refractivity contribution in [2.24, 2.45) is 5.73 Å². The summed E-state index contributed by atoms with van der Waals surface area (Å²) in [4.78, 5) is 4.47. The molecule has 4 N–H and O–H groups in total. The third-order valence-corrected chi connectivity index (χ3v) is 5.57. The van der Waals surface area contributed by atoms with Crippen LogP contribution in [-0.2, 0) is 0 Å². The van der Waals surface area contributed by atoms with E-state index in [-0.39, 0.29) is 0 Å². The molecule has 1 fully saturated rings. The minimum Gasteiger partial charge on any atom is -0.457 e. The van der Waals surface area contributed by atoms with Crippen LogP contribution in [0.5, 0.6) is 11.5 Å². The van der Waals surface area contributed by atoms with Crippen molar-refractivity contribution in [2.75, 3.05) is 10.6 Å². The predicted octanol–water partition coefficient (Wildman–Crippen LogP) is 4.95. The van der Waals surface area contributed by atoms with Gasteiger partial charge in [0.2, 0.25) is 0 Å². The van der Waals surface area contributed by atoms with E-state index in [0.717, 1.165) is 60.0 Å². The van der Waals surface area contributed by atoms with Gasteiger partial charge in [-0.1, -0.05) is 24.3 Å². The van der Waals surface area contributed by atoms with Gasteiger partial charge in [-0.15, -0.1) is 5.10 Å². The van der Waals surface area contributed by atoms with Gasteiger partial charge in [-0.3, -0.25) is 0 Å². The van der Waals surface area contributed by atoms with Crippen LogP contribution in [0.2, 0.25) is 0 Å². The zero-order chi connectivity index (χ0) is 21.0. The Balaban J connectivity index is 1.37. The van der Waals surface area contributed by atoms with Crippen molar-refractivity contribution >= 4 is 22.8 Å². The molecule has 0 amide bonds. The van der Waals surface area contributed by atoms with E-state index in [4.69, 9.17) is 10.5 Å². The fourth-order valence-electron chi connectivity index (χ4n) is 3.97. The molecule has 5 rings (SSSR count). The number of nitrogens with two attached hydrogens (primary N) is 1. The molecule has 7 heteroatoms. The normalized spacial score (nSPS) is 18.6. The lowest BCUT2D eigenvalue weighted by Crippen LogP contribution is -2.33. The van der Waals surface area contributed by atoms with Crippen molar-refractivity contribution < 1.29 is 4.74 Å². The molecule has 7 nitrogen and oxygen atoms in total. The summed E-state index contributed by atoms with van der Waals surface area (Å²) in [7, 11) is 0. The molecule has 2 heterocycles. The van der Waals surface area contributed by atoms with Crippen LogP contribution in [0.4, 0.5) is 17.2 Å². The Bertz CT molecular complexity index is 1150. The summed E-state index contributed by atoms with van der Waals surface area (Å²) in [6, 6.07) is 20.4. The number of anilines is 3. The predicted molar refractivity (Wildman–Crippen MR) is 123 cm³/mol. The molecule has 1 aliphatic carbocycles. The second-order valence-electron chi connectivity index (χ2n) is 7.96. The summed E-state index contributed by atoms with van der Waals surface area (Å²) >= 11 is 0. The molecule has 0 radical (unpaired) electrons. The van der Waals surface area contributed by atoms with Crippen molar-refractivity contribution in [3.05, 3.63) is 73.1 Å². The van der Waals surface area contributed by atoms with Crippen LogP contribution in [0, 0.1) is 0 Å². The lowest BCUT2D eigenvalue weighted by Gasteiger charge is -2.27. The maximum absolute atomic E-state index is 6.05. The molecule has 0 atom stereocenters. The Morgan fingerprint density at radius 2 is 1.74 bits per heavy atom. The highest BCUT2D eigenvalue weighted by molar-refractivity contribution is 5.76. The summed E-state index contributed by atoms with van der Waals surface area (Å²) in [5.41, 5.74) is 8.61. The van der Waals surface area contributed by atoms with E-state index in [9.17, 15) is 0 Å². The Morgan fingerprint density at radius 1 is 0.935 bits per heavy atom. The molecule has 0 saturated heterocycles. The fourth-order valence-corrected chi connectivity index (χ4v) is 3.97. The lowest BCUT2D eigenvalue weighted by molar-refractivity contribution is 0.410. The van der Waals surface area contributed by atoms with E-state index in [1.165, 1.54) is 0 Å². The molecule has 4 aromatic rings.